The largest absolute Gasteiger partial charge is 0.461 e. The van der Waals surface area contributed by atoms with E-state index in [1.165, 1.54) is 4.90 Å². The number of hydrogen-bond acceptors (Lipinski definition) is 3. The average Bonchev–Trinajstić information content (AvgIpc) is 3.10. The molecular weight excluding hydrogens is 316 g/mol. The van der Waals surface area contributed by atoms with Gasteiger partial charge in [0, 0.05) is 38.5 Å². The minimum atomic E-state index is -0.0573. The molecule has 0 bridgehead atoms. The number of carbonyl (C=O) groups is 2. The van der Waals surface area contributed by atoms with Crippen molar-refractivity contribution < 1.29 is 14.0 Å². The summed E-state index contributed by atoms with van der Waals surface area (Å²) in [5, 5.41) is 0. The smallest absolute Gasteiger partial charge is 0.242 e. The Balaban J connectivity index is 1.85. The molecule has 1 aromatic heterocycles. The van der Waals surface area contributed by atoms with Crippen LogP contribution < -0.4 is 0 Å². The van der Waals surface area contributed by atoms with E-state index in [0.717, 1.165) is 17.1 Å². The van der Waals surface area contributed by atoms with Crippen LogP contribution in [0.3, 0.4) is 0 Å². The molecule has 25 heavy (non-hydrogen) atoms. The number of amides is 2. The Labute approximate surface area is 149 Å². The molecule has 0 aliphatic rings. The van der Waals surface area contributed by atoms with Crippen molar-refractivity contribution in [2.75, 3.05) is 26.7 Å². The highest BCUT2D eigenvalue weighted by atomic mass is 16.3. The minimum Gasteiger partial charge on any atom is -0.461 e. The fourth-order valence-electron chi connectivity index (χ4n) is 2.66. The lowest BCUT2D eigenvalue weighted by atomic mass is 10.2. The molecule has 134 valence electrons. The summed E-state index contributed by atoms with van der Waals surface area (Å²) in [7, 11) is 1.67. The van der Waals surface area contributed by atoms with Crippen molar-refractivity contribution in [3.63, 3.8) is 0 Å². The lowest BCUT2D eigenvalue weighted by molar-refractivity contribution is -0.139. The maximum absolute atomic E-state index is 12.2. The van der Waals surface area contributed by atoms with E-state index < -0.39 is 0 Å². The van der Waals surface area contributed by atoms with Gasteiger partial charge in [-0.1, -0.05) is 30.3 Å². The van der Waals surface area contributed by atoms with E-state index in [2.05, 4.69) is 0 Å². The van der Waals surface area contributed by atoms with Gasteiger partial charge in [0.25, 0.3) is 0 Å². The van der Waals surface area contributed by atoms with Crippen LogP contribution in [0.15, 0.2) is 46.9 Å². The number of carbonyl (C=O) groups excluding carboxylic acids is 2. The van der Waals surface area contributed by atoms with Crippen LogP contribution in [0.4, 0.5) is 0 Å². The Morgan fingerprint density at radius 3 is 2.28 bits per heavy atom. The van der Waals surface area contributed by atoms with Gasteiger partial charge in [0.15, 0.2) is 0 Å². The lowest BCUT2D eigenvalue weighted by Crippen LogP contribution is -2.41. The van der Waals surface area contributed by atoms with Gasteiger partial charge >= 0.3 is 0 Å². The van der Waals surface area contributed by atoms with E-state index in [1.54, 1.807) is 11.9 Å². The van der Waals surface area contributed by atoms with Crippen LogP contribution in [0, 0.1) is 0 Å². The predicted octanol–water partition coefficient (Wildman–Crippen LogP) is 3.21. The minimum absolute atomic E-state index is 0.0230. The second-order valence-corrected chi connectivity index (χ2v) is 5.95. The van der Waals surface area contributed by atoms with Gasteiger partial charge in [-0.15, -0.1) is 0 Å². The van der Waals surface area contributed by atoms with E-state index in [-0.39, 0.29) is 18.4 Å². The molecule has 0 radical (unpaired) electrons. The van der Waals surface area contributed by atoms with Gasteiger partial charge in [-0.05, 0) is 26.0 Å². The summed E-state index contributed by atoms with van der Waals surface area (Å²) < 4.78 is 5.81. The zero-order valence-electron chi connectivity index (χ0n) is 15.2. The van der Waals surface area contributed by atoms with Crippen LogP contribution in [0.25, 0.3) is 11.3 Å². The Hall–Kier alpha value is -2.56. The van der Waals surface area contributed by atoms with Gasteiger partial charge in [-0.25, -0.2) is 0 Å². The normalized spacial score (nSPS) is 10.5. The second-order valence-electron chi connectivity index (χ2n) is 5.95. The third-order valence-corrected chi connectivity index (χ3v) is 4.22. The van der Waals surface area contributed by atoms with E-state index in [9.17, 15) is 9.59 Å². The van der Waals surface area contributed by atoms with Crippen LogP contribution in [-0.4, -0.2) is 48.3 Å². The number of likely N-dealkylation sites (N-methyl/N-ethyl adjacent to an activating group) is 2. The molecule has 0 unspecified atom stereocenters. The average molecular weight is 342 g/mol. The summed E-state index contributed by atoms with van der Waals surface area (Å²) in [6, 6.07) is 13.7. The molecule has 2 aromatic rings. The standard InChI is InChI=1S/C20H26N2O3/c1-4-22(5-2)20(24)15-21(3)19(23)14-12-17-11-13-18(25-17)16-9-7-6-8-10-16/h6-11,13H,4-5,12,14-15H2,1-3H3. The zero-order valence-corrected chi connectivity index (χ0v) is 15.2. The first-order valence-corrected chi connectivity index (χ1v) is 8.71. The highest BCUT2D eigenvalue weighted by molar-refractivity contribution is 5.84. The summed E-state index contributed by atoms with van der Waals surface area (Å²) in [6.45, 7) is 5.31. The van der Waals surface area contributed by atoms with Crippen molar-refractivity contribution >= 4 is 11.8 Å². The highest BCUT2D eigenvalue weighted by Gasteiger charge is 2.17. The number of rotatable bonds is 8. The lowest BCUT2D eigenvalue weighted by Gasteiger charge is -2.23. The third-order valence-electron chi connectivity index (χ3n) is 4.22. The van der Waals surface area contributed by atoms with Gasteiger partial charge in [-0.3, -0.25) is 9.59 Å². The van der Waals surface area contributed by atoms with Crippen molar-refractivity contribution in [1.29, 1.82) is 0 Å². The molecule has 2 rings (SSSR count). The zero-order chi connectivity index (χ0) is 18.2. The molecule has 0 saturated heterocycles. The molecule has 1 heterocycles. The Morgan fingerprint density at radius 1 is 0.960 bits per heavy atom. The fraction of sp³-hybridized carbons (Fsp3) is 0.400. The van der Waals surface area contributed by atoms with Crippen molar-refractivity contribution in [1.82, 2.24) is 9.80 Å². The first kappa shape index (κ1) is 18.8. The quantitative estimate of drug-likeness (QED) is 0.740. The van der Waals surface area contributed by atoms with Gasteiger partial charge < -0.3 is 14.2 Å². The number of nitrogens with zero attached hydrogens (tertiary/aromatic N) is 2. The summed E-state index contributed by atoms with van der Waals surface area (Å²) in [5.41, 5.74) is 1.02. The topological polar surface area (TPSA) is 53.8 Å². The number of hydrogen-bond donors (Lipinski definition) is 0. The van der Waals surface area contributed by atoms with E-state index in [4.69, 9.17) is 4.42 Å². The van der Waals surface area contributed by atoms with E-state index in [0.29, 0.717) is 25.9 Å². The van der Waals surface area contributed by atoms with Gasteiger partial charge in [0.05, 0.1) is 6.54 Å². The first-order chi connectivity index (χ1) is 12.0. The molecular formula is C20H26N2O3. The van der Waals surface area contributed by atoms with Gasteiger partial charge in [0.2, 0.25) is 11.8 Å². The number of furan rings is 1. The van der Waals surface area contributed by atoms with Crippen molar-refractivity contribution in [3.8, 4) is 11.3 Å². The second kappa shape index (κ2) is 9.06. The summed E-state index contributed by atoms with van der Waals surface area (Å²) >= 11 is 0. The fourth-order valence-corrected chi connectivity index (χ4v) is 2.66. The summed E-state index contributed by atoms with van der Waals surface area (Å²) in [6.07, 6.45) is 0.846. The van der Waals surface area contributed by atoms with Crippen LogP contribution >= 0.6 is 0 Å². The highest BCUT2D eigenvalue weighted by Crippen LogP contribution is 2.22. The number of benzene rings is 1. The van der Waals surface area contributed by atoms with Gasteiger partial charge in [-0.2, -0.15) is 0 Å². The third kappa shape index (κ3) is 5.21. The van der Waals surface area contributed by atoms with Gasteiger partial charge in [0.1, 0.15) is 11.5 Å². The first-order valence-electron chi connectivity index (χ1n) is 8.71. The molecule has 0 aliphatic carbocycles. The van der Waals surface area contributed by atoms with Crippen molar-refractivity contribution in [2.45, 2.75) is 26.7 Å². The molecule has 1 aromatic carbocycles. The molecule has 0 saturated carbocycles. The van der Waals surface area contributed by atoms with Crippen LogP contribution in [0.1, 0.15) is 26.0 Å². The molecule has 0 N–H and O–H groups in total. The van der Waals surface area contributed by atoms with E-state index >= 15 is 0 Å². The maximum Gasteiger partial charge on any atom is 0.242 e. The van der Waals surface area contributed by atoms with Crippen LogP contribution in [0.5, 0.6) is 0 Å². The monoisotopic (exact) mass is 342 g/mol. The molecule has 0 aliphatic heterocycles. The summed E-state index contributed by atoms with van der Waals surface area (Å²) in [5.74, 6) is 1.49. The van der Waals surface area contributed by atoms with E-state index in [1.807, 2.05) is 56.3 Å². The Kier molecular flexibility index (Phi) is 6.81. The maximum atomic E-state index is 12.2. The molecule has 0 atom stereocenters. The molecule has 5 nitrogen and oxygen atoms in total. The van der Waals surface area contributed by atoms with Crippen LogP contribution in [0.2, 0.25) is 0 Å². The SMILES string of the molecule is CCN(CC)C(=O)CN(C)C(=O)CCc1ccc(-c2ccccc2)o1. The van der Waals surface area contributed by atoms with Crippen LogP contribution in [-0.2, 0) is 16.0 Å². The number of aryl methyl sites for hydroxylation is 1. The Bertz CT molecular complexity index is 690. The molecule has 0 spiro atoms. The molecule has 0 fully saturated rings. The molecule has 2 amide bonds. The van der Waals surface area contributed by atoms with Crippen molar-refractivity contribution in [2.24, 2.45) is 0 Å². The summed E-state index contributed by atoms with van der Waals surface area (Å²) in [4.78, 5) is 27.5. The Morgan fingerprint density at radius 2 is 1.64 bits per heavy atom. The van der Waals surface area contributed by atoms with Crippen molar-refractivity contribution in [3.05, 3.63) is 48.2 Å². The predicted molar refractivity (Wildman–Crippen MR) is 98.0 cm³/mol. The molecule has 5 heteroatoms.